The summed E-state index contributed by atoms with van der Waals surface area (Å²) in [5, 5.41) is 8.81. The van der Waals surface area contributed by atoms with Crippen LogP contribution in [0.5, 0.6) is 0 Å². The summed E-state index contributed by atoms with van der Waals surface area (Å²) in [6.45, 7) is 1.73. The first-order valence-corrected chi connectivity index (χ1v) is 6.77. The van der Waals surface area contributed by atoms with Gasteiger partial charge < -0.3 is 20.7 Å². The van der Waals surface area contributed by atoms with Gasteiger partial charge in [-0.25, -0.2) is 0 Å². The highest BCUT2D eigenvalue weighted by atomic mass is 35.5. The molecule has 1 aromatic rings. The molecule has 0 radical (unpaired) electrons. The molecule has 2 heterocycles. The van der Waals surface area contributed by atoms with Crippen molar-refractivity contribution in [1.29, 1.82) is 0 Å². The smallest absolute Gasteiger partial charge is 0.243 e. The number of morpholine rings is 1. The van der Waals surface area contributed by atoms with Crippen molar-refractivity contribution in [2.24, 2.45) is 0 Å². The fraction of sp³-hybridized carbons (Fsp3) is 0.429. The largest absolute Gasteiger partial charge is 0.378 e. The van der Waals surface area contributed by atoms with Gasteiger partial charge in [-0.05, 0) is 30.2 Å². The molecule has 21 heavy (non-hydrogen) atoms. The van der Waals surface area contributed by atoms with Crippen molar-refractivity contribution in [2.75, 3.05) is 30.4 Å². The SMILES string of the molecule is Cl.O=C1CCc2cc(NC(=O)C3COCCN3)ccc2N1. The van der Waals surface area contributed by atoms with Gasteiger partial charge in [0.05, 0.1) is 13.2 Å². The van der Waals surface area contributed by atoms with Crippen LogP contribution in [0.15, 0.2) is 18.2 Å². The van der Waals surface area contributed by atoms with Gasteiger partial charge in [-0.1, -0.05) is 0 Å². The number of nitrogens with one attached hydrogen (secondary N) is 3. The van der Waals surface area contributed by atoms with Gasteiger partial charge in [0.25, 0.3) is 0 Å². The first kappa shape index (κ1) is 15.8. The molecule has 0 spiro atoms. The Bertz CT molecular complexity index is 544. The fourth-order valence-electron chi connectivity index (χ4n) is 2.42. The second-order valence-corrected chi connectivity index (χ2v) is 4.99. The molecule has 1 fully saturated rings. The Hall–Kier alpha value is -1.63. The highest BCUT2D eigenvalue weighted by molar-refractivity contribution is 5.97. The van der Waals surface area contributed by atoms with Crippen molar-refractivity contribution in [3.05, 3.63) is 23.8 Å². The lowest BCUT2D eigenvalue weighted by Crippen LogP contribution is -2.48. The first-order chi connectivity index (χ1) is 9.72. The number of rotatable bonds is 2. The molecule has 3 rings (SSSR count). The molecule has 0 saturated carbocycles. The van der Waals surface area contributed by atoms with Crippen LogP contribution in [-0.4, -0.2) is 37.6 Å². The molecule has 1 saturated heterocycles. The van der Waals surface area contributed by atoms with Crippen LogP contribution in [0.1, 0.15) is 12.0 Å². The number of carbonyl (C=O) groups excluding carboxylic acids is 2. The maximum atomic E-state index is 12.1. The Morgan fingerprint density at radius 3 is 2.95 bits per heavy atom. The standard InChI is InChI=1S/C14H17N3O3.ClH/c18-13-4-1-9-7-10(2-3-11(9)17-13)16-14(19)12-8-20-6-5-15-12;/h2-3,7,12,15H,1,4-6,8H2,(H,16,19)(H,17,18);1H. The van der Waals surface area contributed by atoms with Crippen LogP contribution in [0.2, 0.25) is 0 Å². The molecule has 1 unspecified atom stereocenters. The minimum absolute atomic E-state index is 0. The van der Waals surface area contributed by atoms with E-state index in [-0.39, 0.29) is 30.3 Å². The summed E-state index contributed by atoms with van der Waals surface area (Å²) in [7, 11) is 0. The van der Waals surface area contributed by atoms with Crippen molar-refractivity contribution in [3.63, 3.8) is 0 Å². The minimum Gasteiger partial charge on any atom is -0.378 e. The molecular weight excluding hydrogens is 294 g/mol. The fourth-order valence-corrected chi connectivity index (χ4v) is 2.42. The Morgan fingerprint density at radius 1 is 1.33 bits per heavy atom. The van der Waals surface area contributed by atoms with Crippen molar-refractivity contribution in [1.82, 2.24) is 5.32 Å². The Labute approximate surface area is 129 Å². The van der Waals surface area contributed by atoms with Gasteiger partial charge in [0.15, 0.2) is 0 Å². The molecule has 0 aromatic heterocycles. The van der Waals surface area contributed by atoms with Gasteiger partial charge in [0.1, 0.15) is 6.04 Å². The van der Waals surface area contributed by atoms with Gasteiger partial charge in [-0.2, -0.15) is 0 Å². The van der Waals surface area contributed by atoms with E-state index < -0.39 is 0 Å². The van der Waals surface area contributed by atoms with Crippen LogP contribution < -0.4 is 16.0 Å². The van der Waals surface area contributed by atoms with E-state index in [4.69, 9.17) is 4.74 Å². The van der Waals surface area contributed by atoms with Gasteiger partial charge >= 0.3 is 0 Å². The zero-order valence-electron chi connectivity index (χ0n) is 11.5. The lowest BCUT2D eigenvalue weighted by atomic mass is 10.0. The van der Waals surface area contributed by atoms with E-state index in [9.17, 15) is 9.59 Å². The van der Waals surface area contributed by atoms with Crippen LogP contribution in [0.25, 0.3) is 0 Å². The summed E-state index contributed by atoms with van der Waals surface area (Å²) in [5.74, 6) is -0.0534. The monoisotopic (exact) mass is 311 g/mol. The van der Waals surface area contributed by atoms with Crippen LogP contribution in [0.4, 0.5) is 11.4 Å². The zero-order chi connectivity index (χ0) is 13.9. The summed E-state index contributed by atoms with van der Waals surface area (Å²) in [4.78, 5) is 23.4. The molecule has 2 amide bonds. The number of hydrogen-bond donors (Lipinski definition) is 3. The topological polar surface area (TPSA) is 79.5 Å². The third-order valence-electron chi connectivity index (χ3n) is 3.51. The van der Waals surface area contributed by atoms with Crippen LogP contribution in [0.3, 0.4) is 0 Å². The predicted octanol–water partition coefficient (Wildman–Crippen LogP) is 0.920. The molecule has 6 nitrogen and oxygen atoms in total. The summed E-state index contributed by atoms with van der Waals surface area (Å²) in [6.07, 6.45) is 1.19. The molecular formula is C14H18ClN3O3. The molecule has 2 aliphatic rings. The van der Waals surface area contributed by atoms with Gasteiger partial charge in [0.2, 0.25) is 11.8 Å². The summed E-state index contributed by atoms with van der Waals surface area (Å²) in [5.41, 5.74) is 2.63. The quantitative estimate of drug-likeness (QED) is 0.759. The van der Waals surface area contributed by atoms with E-state index in [1.807, 2.05) is 12.1 Å². The number of fused-ring (bicyclic) bond motifs is 1. The maximum Gasteiger partial charge on any atom is 0.243 e. The van der Waals surface area contributed by atoms with Crippen molar-refractivity contribution in [2.45, 2.75) is 18.9 Å². The third-order valence-corrected chi connectivity index (χ3v) is 3.51. The van der Waals surface area contributed by atoms with E-state index in [1.165, 1.54) is 0 Å². The number of anilines is 2. The average molecular weight is 312 g/mol. The second kappa shape index (κ2) is 6.89. The average Bonchev–Trinajstić information content (AvgIpc) is 2.48. The molecule has 3 N–H and O–H groups in total. The number of amides is 2. The maximum absolute atomic E-state index is 12.1. The third kappa shape index (κ3) is 3.72. The molecule has 0 aliphatic carbocycles. The molecule has 1 atom stereocenters. The molecule has 0 bridgehead atoms. The van der Waals surface area contributed by atoms with E-state index in [0.717, 1.165) is 16.9 Å². The predicted molar refractivity (Wildman–Crippen MR) is 81.9 cm³/mol. The zero-order valence-corrected chi connectivity index (χ0v) is 12.3. The number of ether oxygens (including phenoxy) is 1. The van der Waals surface area contributed by atoms with E-state index in [0.29, 0.717) is 32.6 Å². The first-order valence-electron chi connectivity index (χ1n) is 6.77. The van der Waals surface area contributed by atoms with Crippen LogP contribution >= 0.6 is 12.4 Å². The normalized spacial score (nSPS) is 20.8. The van der Waals surface area contributed by atoms with Gasteiger partial charge in [0, 0.05) is 24.3 Å². The van der Waals surface area contributed by atoms with Crippen LogP contribution in [-0.2, 0) is 20.7 Å². The van der Waals surface area contributed by atoms with Crippen molar-refractivity contribution < 1.29 is 14.3 Å². The summed E-state index contributed by atoms with van der Waals surface area (Å²) >= 11 is 0. The lowest BCUT2D eigenvalue weighted by molar-refractivity contribution is -0.120. The van der Waals surface area contributed by atoms with E-state index in [1.54, 1.807) is 6.07 Å². The Balaban J connectivity index is 0.00000161. The number of aryl methyl sites for hydroxylation is 1. The number of carbonyl (C=O) groups is 2. The molecule has 1 aromatic carbocycles. The Morgan fingerprint density at radius 2 is 2.19 bits per heavy atom. The molecule has 2 aliphatic heterocycles. The molecule has 114 valence electrons. The highest BCUT2D eigenvalue weighted by Gasteiger charge is 2.22. The van der Waals surface area contributed by atoms with Crippen LogP contribution in [0, 0.1) is 0 Å². The Kier molecular flexibility index (Phi) is 5.17. The number of benzene rings is 1. The minimum atomic E-state index is -0.306. The van der Waals surface area contributed by atoms with Gasteiger partial charge in [-0.3, -0.25) is 9.59 Å². The molecule has 7 heteroatoms. The van der Waals surface area contributed by atoms with Crippen molar-refractivity contribution in [3.8, 4) is 0 Å². The summed E-state index contributed by atoms with van der Waals surface area (Å²) in [6, 6.07) is 5.23. The van der Waals surface area contributed by atoms with Gasteiger partial charge in [-0.15, -0.1) is 12.4 Å². The van der Waals surface area contributed by atoms with E-state index >= 15 is 0 Å². The van der Waals surface area contributed by atoms with E-state index in [2.05, 4.69) is 16.0 Å². The number of halogens is 1. The second-order valence-electron chi connectivity index (χ2n) is 4.99. The lowest BCUT2D eigenvalue weighted by Gasteiger charge is -2.23. The summed E-state index contributed by atoms with van der Waals surface area (Å²) < 4.78 is 5.27. The highest BCUT2D eigenvalue weighted by Crippen LogP contribution is 2.25. The van der Waals surface area contributed by atoms with Crippen molar-refractivity contribution >= 4 is 35.6 Å². The number of hydrogen-bond acceptors (Lipinski definition) is 4.